The third-order valence-electron chi connectivity index (χ3n) is 2.73. The zero-order valence-electron chi connectivity index (χ0n) is 11.3. The lowest BCUT2D eigenvalue weighted by Crippen LogP contribution is -2.11. The molecule has 0 atom stereocenters. The first-order valence-corrected chi connectivity index (χ1v) is 7.74. The van der Waals surface area contributed by atoms with Crippen LogP contribution in [0.15, 0.2) is 47.4 Å². The third-order valence-corrected chi connectivity index (χ3v) is 4.29. The Bertz CT molecular complexity index is 816. The lowest BCUT2D eigenvalue weighted by atomic mass is 10.2. The number of carboxylic acids is 1. The van der Waals surface area contributed by atoms with Crippen LogP contribution in [-0.4, -0.2) is 26.6 Å². The smallest absolute Gasteiger partial charge is 0.339 e. The van der Waals surface area contributed by atoms with Crippen molar-refractivity contribution in [2.45, 2.75) is 4.90 Å². The van der Waals surface area contributed by atoms with Gasteiger partial charge in [0.25, 0.3) is 0 Å². The molecule has 116 valence electrons. The minimum Gasteiger partial charge on any atom is -0.493 e. The number of aromatic carboxylic acids is 1. The fourth-order valence-corrected chi connectivity index (χ4v) is 2.84. The number of carbonyl (C=O) groups is 1. The second-order valence-electron chi connectivity index (χ2n) is 4.14. The van der Waals surface area contributed by atoms with E-state index in [0.717, 1.165) is 6.07 Å². The van der Waals surface area contributed by atoms with Crippen LogP contribution >= 0.6 is 11.6 Å². The topological polar surface area (TPSA) is 89.9 Å². The van der Waals surface area contributed by atoms with E-state index >= 15 is 0 Å². The second kappa shape index (κ2) is 6.25. The predicted molar refractivity (Wildman–Crippen MR) is 79.2 cm³/mol. The fraction of sp³-hybridized carbons (Fsp3) is 0.0714. The Balaban J connectivity index is 2.43. The number of benzene rings is 2. The maximum absolute atomic E-state index is 12.2. The van der Waals surface area contributed by atoms with Gasteiger partial charge in [-0.2, -0.15) is 8.42 Å². The van der Waals surface area contributed by atoms with Crippen LogP contribution < -0.4 is 8.92 Å². The van der Waals surface area contributed by atoms with E-state index in [-0.39, 0.29) is 27.0 Å². The number of hydrogen-bond acceptors (Lipinski definition) is 5. The molecule has 2 aromatic carbocycles. The zero-order chi connectivity index (χ0) is 16.3. The summed E-state index contributed by atoms with van der Waals surface area (Å²) < 4.78 is 34.5. The van der Waals surface area contributed by atoms with Crippen molar-refractivity contribution >= 4 is 27.7 Å². The zero-order valence-corrected chi connectivity index (χ0v) is 12.9. The molecule has 0 bridgehead atoms. The molecular formula is C14H11ClO6S. The summed E-state index contributed by atoms with van der Waals surface area (Å²) in [6, 6.07) is 9.49. The van der Waals surface area contributed by atoms with Crippen LogP contribution in [0.3, 0.4) is 0 Å². The number of hydrogen-bond donors (Lipinski definition) is 1. The quantitative estimate of drug-likeness (QED) is 0.840. The van der Waals surface area contributed by atoms with Crippen LogP contribution in [0.5, 0.6) is 11.5 Å². The minimum absolute atomic E-state index is 0.00294. The molecule has 6 nitrogen and oxygen atoms in total. The van der Waals surface area contributed by atoms with Crippen molar-refractivity contribution in [3.63, 3.8) is 0 Å². The molecule has 0 spiro atoms. The third kappa shape index (κ3) is 3.32. The van der Waals surface area contributed by atoms with Crippen LogP contribution in [0.25, 0.3) is 0 Å². The summed E-state index contributed by atoms with van der Waals surface area (Å²) in [6.45, 7) is 0. The maximum Gasteiger partial charge on any atom is 0.339 e. The van der Waals surface area contributed by atoms with Gasteiger partial charge < -0.3 is 14.0 Å². The van der Waals surface area contributed by atoms with Crippen LogP contribution in [0, 0.1) is 0 Å². The van der Waals surface area contributed by atoms with Gasteiger partial charge in [0.2, 0.25) is 0 Å². The number of para-hydroxylation sites is 2. The van der Waals surface area contributed by atoms with Gasteiger partial charge in [-0.3, -0.25) is 0 Å². The van der Waals surface area contributed by atoms with Gasteiger partial charge in [0, 0.05) is 0 Å². The molecule has 8 heteroatoms. The van der Waals surface area contributed by atoms with Crippen LogP contribution in [0.4, 0.5) is 0 Å². The summed E-state index contributed by atoms with van der Waals surface area (Å²) in [5, 5.41) is 8.92. The SMILES string of the molecule is COc1ccccc1OS(=O)(=O)c1ccc(Cl)c(C(=O)O)c1. The highest BCUT2D eigenvalue weighted by Crippen LogP contribution is 2.30. The van der Waals surface area contributed by atoms with Crippen molar-refractivity contribution in [2.24, 2.45) is 0 Å². The van der Waals surface area contributed by atoms with E-state index in [9.17, 15) is 13.2 Å². The van der Waals surface area contributed by atoms with E-state index in [4.69, 9.17) is 25.6 Å². The van der Waals surface area contributed by atoms with Crippen LogP contribution in [0.1, 0.15) is 10.4 Å². The molecule has 0 amide bonds. The summed E-state index contributed by atoms with van der Waals surface area (Å²) >= 11 is 5.71. The normalized spacial score (nSPS) is 11.0. The first-order chi connectivity index (χ1) is 10.3. The lowest BCUT2D eigenvalue weighted by Gasteiger charge is -2.11. The predicted octanol–water partition coefficient (Wildman–Crippen LogP) is 2.81. The summed E-state index contributed by atoms with van der Waals surface area (Å²) in [5.41, 5.74) is -0.327. The summed E-state index contributed by atoms with van der Waals surface area (Å²) in [5.74, 6) is -1.10. The molecule has 22 heavy (non-hydrogen) atoms. The molecule has 0 heterocycles. The second-order valence-corrected chi connectivity index (χ2v) is 6.09. The molecular weight excluding hydrogens is 332 g/mol. The number of rotatable bonds is 5. The Hall–Kier alpha value is -2.25. The van der Waals surface area contributed by atoms with E-state index in [1.54, 1.807) is 12.1 Å². The molecule has 0 aromatic heterocycles. The largest absolute Gasteiger partial charge is 0.493 e. The van der Waals surface area contributed by atoms with Crippen LogP contribution in [0.2, 0.25) is 5.02 Å². The standard InChI is InChI=1S/C14H11ClO6S/c1-20-12-4-2-3-5-13(12)21-22(18,19)9-6-7-11(15)10(8-9)14(16)17/h2-8H,1H3,(H,16,17). The molecule has 2 rings (SSSR count). The van der Waals surface area contributed by atoms with Gasteiger partial charge >= 0.3 is 16.1 Å². The molecule has 0 unspecified atom stereocenters. The Morgan fingerprint density at radius 1 is 1.14 bits per heavy atom. The van der Waals surface area contributed by atoms with E-state index in [0.29, 0.717) is 0 Å². The van der Waals surface area contributed by atoms with E-state index < -0.39 is 16.1 Å². The Morgan fingerprint density at radius 3 is 2.36 bits per heavy atom. The molecule has 0 radical (unpaired) electrons. The van der Waals surface area contributed by atoms with Crippen LogP contribution in [-0.2, 0) is 10.1 Å². The fourth-order valence-electron chi connectivity index (χ4n) is 1.68. The van der Waals surface area contributed by atoms with E-state index in [1.807, 2.05) is 0 Å². The highest BCUT2D eigenvalue weighted by atomic mass is 35.5. The molecule has 0 saturated carbocycles. The van der Waals surface area contributed by atoms with Gasteiger partial charge in [0.1, 0.15) is 4.90 Å². The van der Waals surface area contributed by atoms with Gasteiger partial charge in [-0.1, -0.05) is 23.7 Å². The van der Waals surface area contributed by atoms with Crippen molar-refractivity contribution in [3.05, 3.63) is 53.1 Å². The molecule has 0 fully saturated rings. The molecule has 0 aliphatic rings. The Kier molecular flexibility index (Phi) is 4.58. The van der Waals surface area contributed by atoms with E-state index in [1.165, 1.54) is 31.4 Å². The summed E-state index contributed by atoms with van der Waals surface area (Å²) in [7, 11) is -2.85. The van der Waals surface area contributed by atoms with Crippen molar-refractivity contribution in [1.82, 2.24) is 0 Å². The number of methoxy groups -OCH3 is 1. The van der Waals surface area contributed by atoms with Crippen molar-refractivity contribution in [3.8, 4) is 11.5 Å². The minimum atomic E-state index is -4.22. The Morgan fingerprint density at radius 2 is 1.77 bits per heavy atom. The van der Waals surface area contributed by atoms with Crippen molar-refractivity contribution in [2.75, 3.05) is 7.11 Å². The van der Waals surface area contributed by atoms with Crippen molar-refractivity contribution < 1.29 is 27.2 Å². The first kappa shape index (κ1) is 16.1. The lowest BCUT2D eigenvalue weighted by molar-refractivity contribution is 0.0697. The number of ether oxygens (including phenoxy) is 1. The van der Waals surface area contributed by atoms with Gasteiger partial charge in [-0.05, 0) is 30.3 Å². The molecule has 1 N–H and O–H groups in total. The average Bonchev–Trinajstić information content (AvgIpc) is 2.47. The number of carboxylic acid groups (broad SMARTS) is 1. The highest BCUT2D eigenvalue weighted by molar-refractivity contribution is 7.87. The number of halogens is 1. The summed E-state index contributed by atoms with van der Waals surface area (Å²) in [4.78, 5) is 10.7. The molecule has 2 aromatic rings. The first-order valence-electron chi connectivity index (χ1n) is 5.95. The average molecular weight is 343 g/mol. The monoisotopic (exact) mass is 342 g/mol. The van der Waals surface area contributed by atoms with Gasteiger partial charge in [0.15, 0.2) is 11.5 Å². The summed E-state index contributed by atoms with van der Waals surface area (Å²) in [6.07, 6.45) is 0. The molecule has 0 aliphatic heterocycles. The van der Waals surface area contributed by atoms with Gasteiger partial charge in [0.05, 0.1) is 17.7 Å². The van der Waals surface area contributed by atoms with Gasteiger partial charge in [-0.25, -0.2) is 4.79 Å². The van der Waals surface area contributed by atoms with Gasteiger partial charge in [-0.15, -0.1) is 0 Å². The highest BCUT2D eigenvalue weighted by Gasteiger charge is 2.21. The molecule has 0 saturated heterocycles. The van der Waals surface area contributed by atoms with E-state index in [2.05, 4.69) is 0 Å². The van der Waals surface area contributed by atoms with Crippen molar-refractivity contribution in [1.29, 1.82) is 0 Å². The maximum atomic E-state index is 12.2. The Labute approximate surface area is 132 Å². The molecule has 0 aliphatic carbocycles.